The molecule has 0 atom stereocenters. The van der Waals surface area contributed by atoms with E-state index in [0.717, 1.165) is 12.8 Å². The van der Waals surface area contributed by atoms with E-state index in [9.17, 15) is 14.7 Å². The monoisotopic (exact) mass is 423 g/mol. The molecule has 0 aliphatic heterocycles. The van der Waals surface area contributed by atoms with E-state index in [1.54, 1.807) is 14.1 Å². The Bertz CT molecular complexity index is 457. The zero-order valence-electron chi connectivity index (χ0n) is 20.3. The van der Waals surface area contributed by atoms with Gasteiger partial charge in [0.2, 0.25) is 0 Å². The highest BCUT2D eigenvalue weighted by atomic mass is 16.4. The maximum absolute atomic E-state index is 12.1. The lowest BCUT2D eigenvalue weighted by molar-refractivity contribution is -0.808. The minimum atomic E-state index is -1.17. The summed E-state index contributed by atoms with van der Waals surface area (Å²) < 4.78 is -0.115. The summed E-state index contributed by atoms with van der Waals surface area (Å²) in [7, 11) is 3.28. The highest BCUT2D eigenvalue weighted by Crippen LogP contribution is 2.13. The van der Waals surface area contributed by atoms with Crippen LogP contribution in [0.1, 0.15) is 122 Å². The van der Waals surface area contributed by atoms with Gasteiger partial charge in [-0.15, -0.1) is 0 Å². The summed E-state index contributed by atoms with van der Waals surface area (Å²) in [5.41, 5.74) is 0. The number of carbonyl (C=O) groups is 2. The number of rotatable bonds is 21. The quantitative estimate of drug-likeness (QED) is 0.130. The number of aliphatic carboxylic acids is 1. The first kappa shape index (κ1) is 28.8. The summed E-state index contributed by atoms with van der Waals surface area (Å²) in [6.07, 6.45) is 26.9. The van der Waals surface area contributed by atoms with Crippen molar-refractivity contribution in [2.24, 2.45) is 0 Å². The maximum atomic E-state index is 12.1. The Balaban J connectivity index is 3.34. The topological polar surface area (TPSA) is 57.2 Å². The van der Waals surface area contributed by atoms with Crippen LogP contribution >= 0.6 is 0 Å². The van der Waals surface area contributed by atoms with Crippen LogP contribution in [0.3, 0.4) is 0 Å². The molecule has 0 N–H and O–H groups in total. The fourth-order valence-electron chi connectivity index (χ4n) is 3.77. The lowest BCUT2D eigenvalue weighted by atomic mass is 10.0. The molecule has 0 bridgehead atoms. The molecular weight excluding hydrogens is 374 g/mol. The third-order valence-corrected chi connectivity index (χ3v) is 5.85. The first-order chi connectivity index (χ1) is 14.4. The van der Waals surface area contributed by atoms with Crippen LogP contribution in [0.15, 0.2) is 12.2 Å². The van der Waals surface area contributed by atoms with Gasteiger partial charge in [0, 0.05) is 0 Å². The molecule has 4 nitrogen and oxygen atoms in total. The van der Waals surface area contributed by atoms with Crippen LogP contribution in [0.4, 0.5) is 0 Å². The minimum absolute atomic E-state index is 0.0137. The lowest BCUT2D eigenvalue weighted by Gasteiger charge is -2.27. The molecular formula is C26H49NO3. The fourth-order valence-corrected chi connectivity index (χ4v) is 3.77. The van der Waals surface area contributed by atoms with E-state index in [0.29, 0.717) is 6.42 Å². The van der Waals surface area contributed by atoms with E-state index in [2.05, 4.69) is 19.1 Å². The van der Waals surface area contributed by atoms with E-state index in [1.165, 1.54) is 96.3 Å². The van der Waals surface area contributed by atoms with Crippen molar-refractivity contribution in [2.45, 2.75) is 122 Å². The van der Waals surface area contributed by atoms with Gasteiger partial charge in [-0.05, 0) is 32.1 Å². The zero-order chi connectivity index (χ0) is 22.5. The fraction of sp³-hybridized carbons (Fsp3) is 0.846. The summed E-state index contributed by atoms with van der Waals surface area (Å²) in [5.74, 6) is -1.18. The number of hydrogen-bond donors (Lipinski definition) is 0. The van der Waals surface area contributed by atoms with Crippen LogP contribution in [-0.2, 0) is 9.59 Å². The second-order valence-electron chi connectivity index (χ2n) is 9.36. The molecule has 1 amide bonds. The van der Waals surface area contributed by atoms with Gasteiger partial charge in [0.05, 0.1) is 26.5 Å². The van der Waals surface area contributed by atoms with Gasteiger partial charge in [0.15, 0.2) is 0 Å². The molecule has 0 aromatic carbocycles. The largest absolute Gasteiger partial charge is 0.544 e. The van der Waals surface area contributed by atoms with Gasteiger partial charge in [0.1, 0.15) is 6.54 Å². The molecule has 0 aromatic heterocycles. The number of carboxylic acid groups (broad SMARTS) is 1. The average Bonchev–Trinajstić information content (AvgIpc) is 2.68. The molecule has 0 saturated carbocycles. The number of likely N-dealkylation sites (N-methyl/N-ethyl adjacent to an activating group) is 1. The van der Waals surface area contributed by atoms with Gasteiger partial charge in [-0.2, -0.15) is 0 Å². The molecule has 0 spiro atoms. The average molecular weight is 424 g/mol. The number of hydrogen-bond acceptors (Lipinski definition) is 3. The first-order valence-electron chi connectivity index (χ1n) is 12.6. The lowest BCUT2D eigenvalue weighted by Crippen LogP contribution is -2.52. The summed E-state index contributed by atoms with van der Waals surface area (Å²) in [6, 6.07) is 0. The van der Waals surface area contributed by atoms with Crippen LogP contribution in [0, 0.1) is 0 Å². The molecule has 0 saturated heterocycles. The number of unbranched alkanes of at least 4 members (excludes halogenated alkanes) is 15. The maximum Gasteiger partial charge on any atom is 0.313 e. The van der Waals surface area contributed by atoms with Crippen molar-refractivity contribution in [3.8, 4) is 0 Å². The number of carbonyl (C=O) groups excluding carboxylic acids is 2. The summed E-state index contributed by atoms with van der Waals surface area (Å²) >= 11 is 0. The van der Waals surface area contributed by atoms with Crippen LogP contribution in [0.2, 0.25) is 0 Å². The summed E-state index contributed by atoms with van der Waals surface area (Å²) in [4.78, 5) is 22.7. The SMILES string of the molecule is CCCCCCCC/C=C\CCCCCCCCCCCC(=O)[N+](C)(C)CC(=O)[O-]. The number of quaternary nitrogens is 1. The van der Waals surface area contributed by atoms with Crippen molar-refractivity contribution in [3.05, 3.63) is 12.2 Å². The van der Waals surface area contributed by atoms with E-state index in [4.69, 9.17) is 0 Å². The van der Waals surface area contributed by atoms with Crippen molar-refractivity contribution < 1.29 is 19.2 Å². The van der Waals surface area contributed by atoms with Gasteiger partial charge in [-0.3, -0.25) is 4.48 Å². The number of carboxylic acids is 1. The van der Waals surface area contributed by atoms with Gasteiger partial charge < -0.3 is 9.90 Å². The molecule has 4 heteroatoms. The minimum Gasteiger partial charge on any atom is -0.544 e. The van der Waals surface area contributed by atoms with E-state index in [-0.39, 0.29) is 16.9 Å². The number of allylic oxidation sites excluding steroid dienone is 2. The molecule has 0 aromatic rings. The Morgan fingerprint density at radius 3 is 1.50 bits per heavy atom. The zero-order valence-corrected chi connectivity index (χ0v) is 20.3. The smallest absolute Gasteiger partial charge is 0.313 e. The Hall–Kier alpha value is -1.16. The predicted octanol–water partition coefficient (Wildman–Crippen LogP) is 5.94. The molecule has 0 rings (SSSR count). The second kappa shape index (κ2) is 19.8. The molecule has 0 aliphatic carbocycles. The van der Waals surface area contributed by atoms with E-state index >= 15 is 0 Å². The Morgan fingerprint density at radius 1 is 0.667 bits per heavy atom. The van der Waals surface area contributed by atoms with Gasteiger partial charge in [-0.25, -0.2) is 4.79 Å². The highest BCUT2D eigenvalue weighted by Gasteiger charge is 2.25. The Morgan fingerprint density at radius 2 is 1.07 bits per heavy atom. The Kier molecular flexibility index (Phi) is 19.0. The van der Waals surface area contributed by atoms with Crippen LogP contribution < -0.4 is 5.11 Å². The summed E-state index contributed by atoms with van der Waals surface area (Å²) in [6.45, 7) is 2.02. The third-order valence-electron chi connectivity index (χ3n) is 5.85. The van der Waals surface area contributed by atoms with E-state index < -0.39 is 5.97 Å². The second-order valence-corrected chi connectivity index (χ2v) is 9.36. The van der Waals surface area contributed by atoms with Crippen molar-refractivity contribution >= 4 is 11.9 Å². The molecule has 0 radical (unpaired) electrons. The van der Waals surface area contributed by atoms with Gasteiger partial charge in [-0.1, -0.05) is 96.1 Å². The Labute approximate surface area is 186 Å². The van der Waals surface area contributed by atoms with E-state index in [1.807, 2.05) is 0 Å². The molecule has 0 unspecified atom stereocenters. The normalized spacial score (nSPS) is 12.0. The number of amides is 1. The molecule has 176 valence electrons. The van der Waals surface area contributed by atoms with Crippen molar-refractivity contribution in [2.75, 3.05) is 20.6 Å². The molecule has 0 fully saturated rings. The molecule has 0 heterocycles. The van der Waals surface area contributed by atoms with Crippen LogP contribution in [0.25, 0.3) is 0 Å². The third kappa shape index (κ3) is 18.8. The molecule has 30 heavy (non-hydrogen) atoms. The highest BCUT2D eigenvalue weighted by molar-refractivity contribution is 5.73. The first-order valence-corrected chi connectivity index (χ1v) is 12.6. The predicted molar refractivity (Wildman–Crippen MR) is 125 cm³/mol. The standard InChI is InChI=1S/C26H49NO3/c1-4-5-6-7-8-9-10-11-12-13-14-15-16-17-18-19-20-21-22-23-25(28)27(2,3)24-26(29)30/h11-12H,4-10,13-24H2,1-3H3/b12-11-. The molecule has 0 aliphatic rings. The summed E-state index contributed by atoms with van der Waals surface area (Å²) in [5, 5.41) is 10.7. The van der Waals surface area contributed by atoms with Gasteiger partial charge in [0.25, 0.3) is 0 Å². The van der Waals surface area contributed by atoms with Crippen molar-refractivity contribution in [1.82, 2.24) is 0 Å². The van der Waals surface area contributed by atoms with Gasteiger partial charge >= 0.3 is 5.91 Å². The van der Waals surface area contributed by atoms with Crippen LogP contribution in [-0.4, -0.2) is 37.0 Å². The van der Waals surface area contributed by atoms with Crippen molar-refractivity contribution in [3.63, 3.8) is 0 Å². The van der Waals surface area contributed by atoms with Crippen molar-refractivity contribution in [1.29, 1.82) is 0 Å². The number of nitrogens with zero attached hydrogens (tertiary/aromatic N) is 1. The van der Waals surface area contributed by atoms with Crippen LogP contribution in [0.5, 0.6) is 0 Å².